The second-order valence-corrected chi connectivity index (χ2v) is 5.59. The molecule has 6 nitrogen and oxygen atoms in total. The standard InChI is InChI=1S/C15H21N3O3/c16-13-3-1-2-12(14(13)19)15(20)18-5-4-11(10-18)17-6-8-21-9-7-17/h1-3,11,19H,4-10,16H2. The van der Waals surface area contributed by atoms with Crippen LogP contribution in [0, 0.1) is 0 Å². The molecule has 2 fully saturated rings. The molecule has 1 atom stereocenters. The molecule has 2 heterocycles. The highest BCUT2D eigenvalue weighted by Crippen LogP contribution is 2.27. The number of nitrogen functional groups attached to an aromatic ring is 1. The van der Waals surface area contributed by atoms with Gasteiger partial charge in [0.15, 0.2) is 5.75 Å². The lowest BCUT2D eigenvalue weighted by atomic mass is 10.1. The Kier molecular flexibility index (Phi) is 3.98. The number of nitrogens with zero attached hydrogens (tertiary/aromatic N) is 2. The summed E-state index contributed by atoms with van der Waals surface area (Å²) in [6.45, 7) is 4.80. The fourth-order valence-corrected chi connectivity index (χ4v) is 3.07. The van der Waals surface area contributed by atoms with Gasteiger partial charge >= 0.3 is 0 Å². The Hall–Kier alpha value is -1.79. The van der Waals surface area contributed by atoms with Gasteiger partial charge in [-0.2, -0.15) is 0 Å². The number of phenols is 1. The minimum absolute atomic E-state index is 0.114. The Morgan fingerprint density at radius 1 is 1.29 bits per heavy atom. The van der Waals surface area contributed by atoms with Crippen LogP contribution in [0.5, 0.6) is 5.75 Å². The fourth-order valence-electron chi connectivity index (χ4n) is 3.07. The van der Waals surface area contributed by atoms with Crippen molar-refractivity contribution in [1.82, 2.24) is 9.80 Å². The molecule has 0 aliphatic carbocycles. The van der Waals surface area contributed by atoms with E-state index in [0.29, 0.717) is 12.6 Å². The van der Waals surface area contributed by atoms with Crippen molar-refractivity contribution in [3.63, 3.8) is 0 Å². The Labute approximate surface area is 124 Å². The van der Waals surface area contributed by atoms with Crippen LogP contribution < -0.4 is 5.73 Å². The van der Waals surface area contributed by atoms with Crippen LogP contribution in [0.2, 0.25) is 0 Å². The van der Waals surface area contributed by atoms with Crippen LogP contribution >= 0.6 is 0 Å². The van der Waals surface area contributed by atoms with Gasteiger partial charge in [0.25, 0.3) is 5.91 Å². The molecule has 1 amide bonds. The normalized spacial score (nSPS) is 23.4. The van der Waals surface area contributed by atoms with Gasteiger partial charge in [-0.1, -0.05) is 6.07 Å². The van der Waals surface area contributed by atoms with Crippen LogP contribution in [0.1, 0.15) is 16.8 Å². The summed E-state index contributed by atoms with van der Waals surface area (Å²) in [5, 5.41) is 9.94. The average Bonchev–Trinajstić information content (AvgIpc) is 3.00. The van der Waals surface area contributed by atoms with Gasteiger partial charge in [0.1, 0.15) is 0 Å². The highest BCUT2D eigenvalue weighted by Gasteiger charge is 2.32. The van der Waals surface area contributed by atoms with E-state index in [-0.39, 0.29) is 22.9 Å². The summed E-state index contributed by atoms with van der Waals surface area (Å²) in [5.74, 6) is -0.257. The Morgan fingerprint density at radius 3 is 2.81 bits per heavy atom. The number of anilines is 1. The van der Waals surface area contributed by atoms with Crippen LogP contribution in [0.25, 0.3) is 0 Å². The number of benzene rings is 1. The molecule has 2 aliphatic heterocycles. The molecule has 2 aliphatic rings. The van der Waals surface area contributed by atoms with Crippen molar-refractivity contribution in [2.45, 2.75) is 12.5 Å². The van der Waals surface area contributed by atoms with Crippen molar-refractivity contribution in [1.29, 1.82) is 0 Å². The number of amides is 1. The number of para-hydroxylation sites is 1. The summed E-state index contributed by atoms with van der Waals surface area (Å²) >= 11 is 0. The van der Waals surface area contributed by atoms with E-state index in [9.17, 15) is 9.90 Å². The van der Waals surface area contributed by atoms with Crippen molar-refractivity contribution in [3.8, 4) is 5.75 Å². The van der Waals surface area contributed by atoms with Crippen molar-refractivity contribution in [3.05, 3.63) is 23.8 Å². The fraction of sp³-hybridized carbons (Fsp3) is 0.533. The molecule has 3 N–H and O–H groups in total. The number of rotatable bonds is 2. The van der Waals surface area contributed by atoms with E-state index in [1.165, 1.54) is 0 Å². The summed E-state index contributed by atoms with van der Waals surface area (Å²) in [6, 6.07) is 5.29. The second-order valence-electron chi connectivity index (χ2n) is 5.59. The van der Waals surface area contributed by atoms with Gasteiger partial charge in [-0.15, -0.1) is 0 Å². The highest BCUT2D eigenvalue weighted by atomic mass is 16.5. The van der Waals surface area contributed by atoms with E-state index < -0.39 is 0 Å². The zero-order valence-corrected chi connectivity index (χ0v) is 12.0. The number of phenolic OH excluding ortho intramolecular Hbond substituents is 1. The Balaban J connectivity index is 1.68. The molecule has 0 aromatic heterocycles. The number of hydrogen-bond donors (Lipinski definition) is 2. The first-order chi connectivity index (χ1) is 10.2. The van der Waals surface area contributed by atoms with E-state index in [0.717, 1.165) is 39.3 Å². The lowest BCUT2D eigenvalue weighted by Gasteiger charge is -2.32. The lowest BCUT2D eigenvalue weighted by molar-refractivity contribution is 0.0185. The van der Waals surface area contributed by atoms with Crippen LogP contribution in [0.3, 0.4) is 0 Å². The number of carbonyl (C=O) groups is 1. The number of hydrogen-bond acceptors (Lipinski definition) is 5. The molecule has 0 radical (unpaired) electrons. The zero-order chi connectivity index (χ0) is 14.8. The monoisotopic (exact) mass is 291 g/mol. The molecule has 1 aromatic carbocycles. The van der Waals surface area contributed by atoms with Gasteiger partial charge < -0.3 is 20.5 Å². The van der Waals surface area contributed by atoms with E-state index in [4.69, 9.17) is 10.5 Å². The van der Waals surface area contributed by atoms with Gasteiger partial charge in [0.2, 0.25) is 0 Å². The first-order valence-corrected chi connectivity index (χ1v) is 7.35. The largest absolute Gasteiger partial charge is 0.505 e. The molecule has 3 rings (SSSR count). The van der Waals surface area contributed by atoms with Gasteiger partial charge in [-0.25, -0.2) is 0 Å². The minimum Gasteiger partial charge on any atom is -0.505 e. The molecule has 0 saturated carbocycles. The molecule has 21 heavy (non-hydrogen) atoms. The highest BCUT2D eigenvalue weighted by molar-refractivity contribution is 5.98. The number of ether oxygens (including phenoxy) is 1. The van der Waals surface area contributed by atoms with E-state index >= 15 is 0 Å². The maximum Gasteiger partial charge on any atom is 0.257 e. The van der Waals surface area contributed by atoms with E-state index in [1.807, 2.05) is 0 Å². The average molecular weight is 291 g/mol. The van der Waals surface area contributed by atoms with Crippen LogP contribution in [-0.2, 0) is 4.74 Å². The summed E-state index contributed by atoms with van der Waals surface area (Å²) in [5.41, 5.74) is 6.19. The van der Waals surface area contributed by atoms with Gasteiger partial charge in [0.05, 0.1) is 24.5 Å². The number of morpholine rings is 1. The lowest BCUT2D eigenvalue weighted by Crippen LogP contribution is -2.45. The van der Waals surface area contributed by atoms with Crippen molar-refractivity contribution < 1.29 is 14.6 Å². The zero-order valence-electron chi connectivity index (χ0n) is 12.0. The molecular formula is C15H21N3O3. The van der Waals surface area contributed by atoms with Crippen LogP contribution in [0.4, 0.5) is 5.69 Å². The van der Waals surface area contributed by atoms with Gasteiger partial charge in [0, 0.05) is 32.2 Å². The SMILES string of the molecule is Nc1cccc(C(=O)N2CCC(N3CCOCC3)C2)c1O. The smallest absolute Gasteiger partial charge is 0.257 e. The Morgan fingerprint density at radius 2 is 2.05 bits per heavy atom. The topological polar surface area (TPSA) is 79.0 Å². The number of likely N-dealkylation sites (tertiary alicyclic amines) is 1. The molecule has 114 valence electrons. The van der Waals surface area contributed by atoms with Gasteiger partial charge in [-0.05, 0) is 18.6 Å². The number of carbonyl (C=O) groups excluding carboxylic acids is 1. The van der Waals surface area contributed by atoms with Crippen molar-refractivity contribution >= 4 is 11.6 Å². The predicted octanol–water partition coefficient (Wildman–Crippen LogP) is 0.521. The first-order valence-electron chi connectivity index (χ1n) is 7.35. The molecular weight excluding hydrogens is 270 g/mol. The quantitative estimate of drug-likeness (QED) is 0.613. The predicted molar refractivity (Wildman–Crippen MR) is 79.2 cm³/mol. The van der Waals surface area contributed by atoms with Crippen LogP contribution in [-0.4, -0.2) is 66.2 Å². The summed E-state index contributed by atoms with van der Waals surface area (Å²) < 4.78 is 5.36. The minimum atomic E-state index is -0.143. The summed E-state index contributed by atoms with van der Waals surface area (Å²) in [6.07, 6.45) is 0.967. The summed E-state index contributed by atoms with van der Waals surface area (Å²) in [4.78, 5) is 16.7. The maximum atomic E-state index is 12.5. The third kappa shape index (κ3) is 2.82. The van der Waals surface area contributed by atoms with Crippen molar-refractivity contribution in [2.75, 3.05) is 45.1 Å². The Bertz CT molecular complexity index is 529. The molecule has 0 spiro atoms. The van der Waals surface area contributed by atoms with E-state index in [2.05, 4.69) is 4.90 Å². The van der Waals surface area contributed by atoms with Gasteiger partial charge in [-0.3, -0.25) is 9.69 Å². The third-order valence-electron chi connectivity index (χ3n) is 4.31. The molecule has 6 heteroatoms. The second kappa shape index (κ2) is 5.91. The summed E-state index contributed by atoms with van der Waals surface area (Å²) in [7, 11) is 0. The number of nitrogens with two attached hydrogens (primary N) is 1. The van der Waals surface area contributed by atoms with E-state index in [1.54, 1.807) is 23.1 Å². The maximum absolute atomic E-state index is 12.5. The van der Waals surface area contributed by atoms with Crippen molar-refractivity contribution in [2.24, 2.45) is 0 Å². The molecule has 1 unspecified atom stereocenters. The molecule has 0 bridgehead atoms. The first kappa shape index (κ1) is 14.2. The third-order valence-corrected chi connectivity index (χ3v) is 4.31. The molecule has 1 aromatic rings. The number of aromatic hydroxyl groups is 1. The van der Waals surface area contributed by atoms with Crippen LogP contribution in [0.15, 0.2) is 18.2 Å². The molecule has 2 saturated heterocycles.